The lowest BCUT2D eigenvalue weighted by molar-refractivity contribution is 0.0973. The van der Waals surface area contributed by atoms with E-state index in [-0.39, 0.29) is 10.0 Å². The largest absolute Gasteiger partial charge is 0.494 e. The maximum atomic E-state index is 12.9. The molecule has 0 unspecified atom stereocenters. The van der Waals surface area contributed by atoms with Gasteiger partial charge < -0.3 is 14.8 Å². The van der Waals surface area contributed by atoms with E-state index in [2.05, 4.69) is 29.2 Å². The van der Waals surface area contributed by atoms with Crippen molar-refractivity contribution in [2.75, 3.05) is 23.3 Å². The van der Waals surface area contributed by atoms with Crippen LogP contribution in [0.3, 0.4) is 0 Å². The smallest absolute Gasteiger partial charge is 0.261 e. The molecule has 0 fully saturated rings. The lowest BCUT2D eigenvalue weighted by Gasteiger charge is -2.15. The lowest BCUT2D eigenvalue weighted by Crippen LogP contribution is -2.34. The van der Waals surface area contributed by atoms with Gasteiger partial charge >= 0.3 is 0 Å². The Bertz CT molecular complexity index is 1360. The van der Waals surface area contributed by atoms with Crippen molar-refractivity contribution in [1.82, 2.24) is 5.32 Å². The van der Waals surface area contributed by atoms with Crippen LogP contribution in [0.4, 0.5) is 11.4 Å². The zero-order valence-corrected chi connectivity index (χ0v) is 23.5. The molecule has 0 atom stereocenters. The Hall–Kier alpha value is -3.57. The zero-order valence-electron chi connectivity index (χ0n) is 21.9. The lowest BCUT2D eigenvalue weighted by atomic mass is 9.94. The Labute approximate surface area is 230 Å². The SMILES string of the molecule is Bc1ccc(OCCC(C)C)c(C(=O)NC(=S)Nc2ccc(S(=O)(=O)Nc3ccc(OCC)cc3)cc2)c1. The molecule has 0 saturated heterocycles. The molecular weight excluding hydrogens is 521 g/mol. The second-order valence-electron chi connectivity index (χ2n) is 9.03. The highest BCUT2D eigenvalue weighted by Crippen LogP contribution is 2.21. The van der Waals surface area contributed by atoms with Gasteiger partial charge in [0.05, 0.1) is 23.7 Å². The van der Waals surface area contributed by atoms with Crippen molar-refractivity contribution in [2.24, 2.45) is 5.92 Å². The highest BCUT2D eigenvalue weighted by atomic mass is 32.2. The van der Waals surface area contributed by atoms with Crippen LogP contribution in [0.1, 0.15) is 37.6 Å². The summed E-state index contributed by atoms with van der Waals surface area (Å²) in [5, 5.41) is 5.65. The van der Waals surface area contributed by atoms with Gasteiger partial charge in [0, 0.05) is 11.4 Å². The van der Waals surface area contributed by atoms with Crippen molar-refractivity contribution in [3.8, 4) is 11.5 Å². The van der Waals surface area contributed by atoms with Gasteiger partial charge in [-0.3, -0.25) is 14.8 Å². The summed E-state index contributed by atoms with van der Waals surface area (Å²) in [6, 6.07) is 18.1. The van der Waals surface area contributed by atoms with E-state index < -0.39 is 15.9 Å². The summed E-state index contributed by atoms with van der Waals surface area (Å²) in [7, 11) is -1.90. The van der Waals surface area contributed by atoms with Gasteiger partial charge in [-0.25, -0.2) is 8.42 Å². The Morgan fingerprint density at radius 1 is 0.974 bits per heavy atom. The van der Waals surface area contributed by atoms with Crippen LogP contribution in [0.25, 0.3) is 0 Å². The van der Waals surface area contributed by atoms with Crippen LogP contribution >= 0.6 is 12.2 Å². The number of sulfonamides is 1. The van der Waals surface area contributed by atoms with Gasteiger partial charge in [0.25, 0.3) is 15.9 Å². The number of hydrogen-bond donors (Lipinski definition) is 3. The monoisotopic (exact) mass is 553 g/mol. The van der Waals surface area contributed by atoms with Gasteiger partial charge in [-0.05, 0) is 86.1 Å². The fourth-order valence-electron chi connectivity index (χ4n) is 3.40. The topological polar surface area (TPSA) is 106 Å². The molecule has 3 aromatic rings. The predicted octanol–water partition coefficient (Wildman–Crippen LogP) is 3.70. The molecule has 0 aliphatic rings. The minimum Gasteiger partial charge on any atom is -0.494 e. The molecule has 0 heterocycles. The number of anilines is 2. The summed E-state index contributed by atoms with van der Waals surface area (Å²) in [6.45, 7) is 7.12. The van der Waals surface area contributed by atoms with E-state index in [1.807, 2.05) is 20.8 Å². The quantitative estimate of drug-likeness (QED) is 0.246. The number of carbonyl (C=O) groups is 1. The maximum absolute atomic E-state index is 12.9. The van der Waals surface area contributed by atoms with E-state index in [1.54, 1.807) is 48.5 Å². The number of hydrogen-bond acceptors (Lipinski definition) is 6. The molecule has 200 valence electrons. The van der Waals surface area contributed by atoms with Crippen LogP contribution in [0.15, 0.2) is 71.6 Å². The number of amides is 1. The van der Waals surface area contributed by atoms with Crippen LogP contribution in [0, 0.1) is 5.92 Å². The Balaban J connectivity index is 1.61. The molecule has 38 heavy (non-hydrogen) atoms. The van der Waals surface area contributed by atoms with Crippen molar-refractivity contribution in [3.05, 3.63) is 72.3 Å². The van der Waals surface area contributed by atoms with Crippen molar-refractivity contribution in [1.29, 1.82) is 0 Å². The van der Waals surface area contributed by atoms with Gasteiger partial charge in [-0.1, -0.05) is 31.4 Å². The van der Waals surface area contributed by atoms with Crippen LogP contribution in [-0.2, 0) is 10.0 Å². The fourth-order valence-corrected chi connectivity index (χ4v) is 4.67. The summed E-state index contributed by atoms with van der Waals surface area (Å²) in [6.07, 6.45) is 0.871. The molecule has 0 aliphatic carbocycles. The van der Waals surface area contributed by atoms with Crippen molar-refractivity contribution in [3.63, 3.8) is 0 Å². The van der Waals surface area contributed by atoms with E-state index in [1.165, 1.54) is 12.1 Å². The Morgan fingerprint density at radius 2 is 1.63 bits per heavy atom. The molecule has 0 radical (unpaired) electrons. The van der Waals surface area contributed by atoms with E-state index in [4.69, 9.17) is 21.7 Å². The molecule has 8 nitrogen and oxygen atoms in total. The van der Waals surface area contributed by atoms with Crippen molar-refractivity contribution >= 4 is 57.9 Å². The van der Waals surface area contributed by atoms with Gasteiger partial charge in [0.1, 0.15) is 19.3 Å². The maximum Gasteiger partial charge on any atom is 0.261 e. The number of ether oxygens (including phenoxy) is 2. The molecule has 0 aliphatic heterocycles. The second-order valence-corrected chi connectivity index (χ2v) is 11.1. The molecule has 0 saturated carbocycles. The second kappa shape index (κ2) is 13.3. The summed E-state index contributed by atoms with van der Waals surface area (Å²) >= 11 is 5.31. The van der Waals surface area contributed by atoms with Crippen LogP contribution in [0.2, 0.25) is 0 Å². The van der Waals surface area contributed by atoms with E-state index in [9.17, 15) is 13.2 Å². The minimum atomic E-state index is -3.80. The summed E-state index contributed by atoms with van der Waals surface area (Å²) < 4.78 is 39.3. The molecule has 0 aromatic heterocycles. The van der Waals surface area contributed by atoms with Crippen LogP contribution < -0.4 is 30.3 Å². The van der Waals surface area contributed by atoms with E-state index in [0.29, 0.717) is 47.6 Å². The van der Waals surface area contributed by atoms with Gasteiger partial charge in [0.2, 0.25) is 0 Å². The third-order valence-electron chi connectivity index (χ3n) is 5.40. The van der Waals surface area contributed by atoms with Gasteiger partial charge in [-0.2, -0.15) is 0 Å². The molecule has 11 heteroatoms. The van der Waals surface area contributed by atoms with E-state index in [0.717, 1.165) is 11.9 Å². The molecular formula is C27H32BN3O5S2. The number of benzene rings is 3. The summed E-state index contributed by atoms with van der Waals surface area (Å²) in [5.74, 6) is 1.24. The highest BCUT2D eigenvalue weighted by Gasteiger charge is 2.16. The molecule has 1 amide bonds. The predicted molar refractivity (Wildman–Crippen MR) is 158 cm³/mol. The highest BCUT2D eigenvalue weighted by molar-refractivity contribution is 7.92. The van der Waals surface area contributed by atoms with Gasteiger partial charge in [-0.15, -0.1) is 0 Å². The first kappa shape index (κ1) is 29.0. The number of rotatable bonds is 11. The average Bonchev–Trinajstić information content (AvgIpc) is 2.86. The Kier molecular flexibility index (Phi) is 10.1. The van der Waals surface area contributed by atoms with Crippen molar-refractivity contribution in [2.45, 2.75) is 32.1 Å². The molecule has 0 spiro atoms. The Morgan fingerprint density at radius 3 is 2.26 bits per heavy atom. The standard InChI is InChI=1S/C27H32BN3O5S2/c1-4-35-22-10-6-21(7-11-22)31-38(33,34)23-12-8-20(9-13-23)29-27(37)30-26(32)24-17-19(28)5-14-25(24)36-16-15-18(2)3/h5-14,17-18,31H,4,15-16,28H2,1-3H3,(H2,29,30,32,37). The first-order chi connectivity index (χ1) is 18.1. The molecule has 0 bridgehead atoms. The minimum absolute atomic E-state index is 0.0766. The third-order valence-corrected chi connectivity index (χ3v) is 7.00. The molecule has 3 rings (SSSR count). The summed E-state index contributed by atoms with van der Waals surface area (Å²) in [5.41, 5.74) is 2.25. The third kappa shape index (κ3) is 8.49. The van der Waals surface area contributed by atoms with Crippen LogP contribution in [0.5, 0.6) is 11.5 Å². The number of carbonyl (C=O) groups excluding carboxylic acids is 1. The fraction of sp³-hybridized carbons (Fsp3) is 0.259. The van der Waals surface area contributed by atoms with E-state index >= 15 is 0 Å². The van der Waals surface area contributed by atoms with Gasteiger partial charge in [0.15, 0.2) is 5.11 Å². The first-order valence-corrected chi connectivity index (χ1v) is 14.2. The van der Waals surface area contributed by atoms with Crippen LogP contribution in [-0.4, -0.2) is 40.5 Å². The summed E-state index contributed by atoms with van der Waals surface area (Å²) in [4.78, 5) is 13.0. The van der Waals surface area contributed by atoms with Crippen molar-refractivity contribution < 1.29 is 22.7 Å². The molecule has 3 aromatic carbocycles. The first-order valence-electron chi connectivity index (χ1n) is 12.3. The average molecular weight is 554 g/mol. The number of thiocarbonyl (C=S) groups is 1. The number of nitrogens with one attached hydrogen (secondary N) is 3. The normalized spacial score (nSPS) is 11.1. The zero-order chi connectivity index (χ0) is 27.7. The molecule has 3 N–H and O–H groups in total.